The van der Waals surface area contributed by atoms with Crippen LogP contribution in [-0.2, 0) is 5.41 Å². The molecule has 0 aliphatic heterocycles. The van der Waals surface area contributed by atoms with E-state index in [1.165, 1.54) is 88.7 Å². The summed E-state index contributed by atoms with van der Waals surface area (Å²) in [5.41, 5.74) is 22.4. The van der Waals surface area contributed by atoms with Crippen molar-refractivity contribution >= 4 is 27.8 Å². The van der Waals surface area contributed by atoms with Gasteiger partial charge < -0.3 is 4.90 Å². The van der Waals surface area contributed by atoms with Crippen LogP contribution in [-0.4, -0.2) is 0 Å². The first-order valence-corrected chi connectivity index (χ1v) is 21.8. The lowest BCUT2D eigenvalue weighted by atomic mass is 9.43. The number of rotatable bonds is 7. The van der Waals surface area contributed by atoms with Crippen LogP contribution in [0.1, 0.15) is 45.2 Å². The first kappa shape index (κ1) is 35.1. The fourth-order valence-corrected chi connectivity index (χ4v) is 11.7. The smallest absolute Gasteiger partial charge is 0.0540 e. The highest BCUT2D eigenvalue weighted by Crippen LogP contribution is 2.78. The summed E-state index contributed by atoms with van der Waals surface area (Å²) >= 11 is 0. The molecule has 0 fully saturated rings. The predicted molar refractivity (Wildman–Crippen MR) is 258 cm³/mol. The van der Waals surface area contributed by atoms with Crippen LogP contribution in [0.25, 0.3) is 55.3 Å². The molecule has 3 atom stereocenters. The third kappa shape index (κ3) is 4.91. The second-order valence-corrected chi connectivity index (χ2v) is 17.1. The number of benzene rings is 10. The maximum atomic E-state index is 2.44. The average molecular weight is 788 g/mol. The van der Waals surface area contributed by atoms with E-state index in [0.29, 0.717) is 11.8 Å². The van der Waals surface area contributed by atoms with Gasteiger partial charge >= 0.3 is 0 Å². The van der Waals surface area contributed by atoms with Crippen molar-refractivity contribution in [3.63, 3.8) is 0 Å². The molecule has 3 unspecified atom stereocenters. The third-order valence-corrected chi connectivity index (χ3v) is 14.2. The topological polar surface area (TPSA) is 3.24 Å². The average Bonchev–Trinajstić information content (AvgIpc) is 3.57. The van der Waals surface area contributed by atoms with Crippen molar-refractivity contribution in [3.8, 4) is 44.5 Å². The highest BCUT2D eigenvalue weighted by molar-refractivity contribution is 6.06. The van der Waals surface area contributed by atoms with E-state index in [1.54, 1.807) is 0 Å². The molecule has 3 aliphatic carbocycles. The molecule has 0 heterocycles. The van der Waals surface area contributed by atoms with Crippen LogP contribution in [0.15, 0.2) is 237 Å². The Morgan fingerprint density at radius 3 is 1.23 bits per heavy atom. The van der Waals surface area contributed by atoms with Crippen LogP contribution in [0, 0.1) is 0 Å². The monoisotopic (exact) mass is 787 g/mol. The molecule has 1 spiro atoms. The molecule has 0 N–H and O–H groups in total. The minimum Gasteiger partial charge on any atom is -0.310 e. The lowest BCUT2D eigenvalue weighted by Crippen LogP contribution is -2.52. The van der Waals surface area contributed by atoms with Crippen molar-refractivity contribution in [1.82, 2.24) is 0 Å². The Morgan fingerprint density at radius 2 is 0.677 bits per heavy atom. The molecule has 290 valence electrons. The van der Waals surface area contributed by atoms with E-state index >= 15 is 0 Å². The molecule has 1 heteroatoms. The van der Waals surface area contributed by atoms with Gasteiger partial charge in [0.05, 0.1) is 5.69 Å². The summed E-state index contributed by atoms with van der Waals surface area (Å²) in [5.74, 6) is 0.630. The zero-order chi connectivity index (χ0) is 40.8. The second-order valence-electron chi connectivity index (χ2n) is 17.1. The molecular weight excluding hydrogens is 747 g/mol. The summed E-state index contributed by atoms with van der Waals surface area (Å²) in [6.45, 7) is 0. The van der Waals surface area contributed by atoms with Gasteiger partial charge in [-0.25, -0.2) is 0 Å². The van der Waals surface area contributed by atoms with Crippen LogP contribution in [0.3, 0.4) is 0 Å². The molecule has 0 saturated heterocycles. The van der Waals surface area contributed by atoms with Crippen molar-refractivity contribution in [2.24, 2.45) is 0 Å². The van der Waals surface area contributed by atoms with E-state index < -0.39 is 0 Å². The van der Waals surface area contributed by atoms with Gasteiger partial charge in [-0.2, -0.15) is 0 Å². The van der Waals surface area contributed by atoms with Gasteiger partial charge in [0, 0.05) is 34.0 Å². The summed E-state index contributed by atoms with van der Waals surface area (Å²) in [6.07, 6.45) is 0. The van der Waals surface area contributed by atoms with Gasteiger partial charge in [0.1, 0.15) is 0 Å². The molecule has 1 nitrogen and oxygen atoms in total. The van der Waals surface area contributed by atoms with Gasteiger partial charge in [-0.05, 0) is 114 Å². The van der Waals surface area contributed by atoms with Crippen molar-refractivity contribution in [1.29, 1.82) is 0 Å². The van der Waals surface area contributed by atoms with Crippen LogP contribution in [0.5, 0.6) is 0 Å². The fraction of sp³-hybridized carbons (Fsp3) is 0.0492. The van der Waals surface area contributed by atoms with Gasteiger partial charge in [-0.3, -0.25) is 0 Å². The Bertz CT molecular complexity index is 3330. The predicted octanol–water partition coefficient (Wildman–Crippen LogP) is 15.9. The zero-order valence-electron chi connectivity index (χ0n) is 34.1. The quantitative estimate of drug-likeness (QED) is 0.155. The molecule has 0 amide bonds. The molecule has 0 radical (unpaired) electrons. The minimum atomic E-state index is -0.0230. The van der Waals surface area contributed by atoms with E-state index in [0.717, 1.165) is 17.1 Å². The third-order valence-electron chi connectivity index (χ3n) is 14.2. The summed E-state index contributed by atoms with van der Waals surface area (Å²) < 4.78 is 0. The Kier molecular flexibility index (Phi) is 7.71. The summed E-state index contributed by atoms with van der Waals surface area (Å²) in [5, 5.41) is 2.45. The largest absolute Gasteiger partial charge is 0.310 e. The molecule has 13 rings (SSSR count). The fourth-order valence-electron chi connectivity index (χ4n) is 11.7. The van der Waals surface area contributed by atoms with Crippen LogP contribution < -0.4 is 4.90 Å². The molecule has 0 aromatic heterocycles. The van der Waals surface area contributed by atoms with Crippen molar-refractivity contribution in [3.05, 3.63) is 270 Å². The number of hydrogen-bond donors (Lipinski definition) is 0. The molecule has 0 saturated carbocycles. The van der Waals surface area contributed by atoms with Crippen LogP contribution in [0.2, 0.25) is 0 Å². The van der Waals surface area contributed by atoms with E-state index in [-0.39, 0.29) is 5.41 Å². The van der Waals surface area contributed by atoms with E-state index in [2.05, 4.69) is 241 Å². The van der Waals surface area contributed by atoms with E-state index in [1.807, 2.05) is 0 Å². The molecule has 62 heavy (non-hydrogen) atoms. The number of hydrogen-bond acceptors (Lipinski definition) is 1. The molecule has 0 bridgehead atoms. The maximum absolute atomic E-state index is 2.44. The molecular formula is C61H41N. The lowest BCUT2D eigenvalue weighted by Gasteiger charge is -2.58. The summed E-state index contributed by atoms with van der Waals surface area (Å²) in [6, 6.07) is 87.6. The normalized spacial score (nSPS) is 17.4. The van der Waals surface area contributed by atoms with Crippen LogP contribution >= 0.6 is 0 Å². The van der Waals surface area contributed by atoms with Gasteiger partial charge in [-0.15, -0.1) is 0 Å². The molecule has 3 aliphatic rings. The SMILES string of the molecule is c1ccc(-c2ccc(N(c3ccc(-c4ccc(-c5ccccc5)c5c4C4c6ccccc6C46c4ccccc4C56)cc3)c3ccc(-c4ccccc4)c4ccccc34)cc2)cc1. The standard InChI is InChI=1S/C61H41N/c1-4-16-40(17-5-1)41-28-32-45(33-29-41)62(56-39-38-47(42-18-6-2-7-19-42)50-22-10-11-23-51(50)56)46-34-30-44(31-35-46)49-37-36-48(43-20-8-3-9-21-43)57-58(49)60-53-25-13-15-27-55(53)61(60)54-26-14-12-24-52(54)59(57)61/h1-39,59-60H. The maximum Gasteiger partial charge on any atom is 0.0540 e. The lowest BCUT2D eigenvalue weighted by molar-refractivity contribution is 0.333. The minimum absolute atomic E-state index is 0.0230. The van der Waals surface area contributed by atoms with Gasteiger partial charge in [0.25, 0.3) is 0 Å². The van der Waals surface area contributed by atoms with Crippen molar-refractivity contribution in [2.45, 2.75) is 17.3 Å². The summed E-state index contributed by atoms with van der Waals surface area (Å²) in [7, 11) is 0. The van der Waals surface area contributed by atoms with Gasteiger partial charge in [0.15, 0.2) is 0 Å². The first-order chi connectivity index (χ1) is 30.8. The van der Waals surface area contributed by atoms with E-state index in [4.69, 9.17) is 0 Å². The number of fused-ring (bicyclic) bond motifs is 8. The molecule has 10 aromatic rings. The first-order valence-electron chi connectivity index (χ1n) is 21.8. The summed E-state index contributed by atoms with van der Waals surface area (Å²) in [4.78, 5) is 2.44. The zero-order valence-corrected chi connectivity index (χ0v) is 34.1. The van der Waals surface area contributed by atoms with Crippen LogP contribution in [0.4, 0.5) is 17.1 Å². The Labute approximate surface area is 362 Å². The highest BCUT2D eigenvalue weighted by atomic mass is 15.1. The Morgan fingerprint density at radius 1 is 0.290 bits per heavy atom. The highest BCUT2D eigenvalue weighted by Gasteiger charge is 2.70. The number of anilines is 3. The Balaban J connectivity index is 0.982. The van der Waals surface area contributed by atoms with Crippen molar-refractivity contribution < 1.29 is 0 Å². The van der Waals surface area contributed by atoms with Gasteiger partial charge in [0.2, 0.25) is 0 Å². The van der Waals surface area contributed by atoms with Gasteiger partial charge in [-0.1, -0.05) is 206 Å². The molecule has 10 aromatic carbocycles. The van der Waals surface area contributed by atoms with E-state index in [9.17, 15) is 0 Å². The van der Waals surface area contributed by atoms with Crippen molar-refractivity contribution in [2.75, 3.05) is 4.90 Å². The number of nitrogens with zero attached hydrogens (tertiary/aromatic N) is 1. The Hall–Kier alpha value is -7.74. The second kappa shape index (κ2) is 13.6.